The topological polar surface area (TPSA) is 66.1 Å². The minimum atomic E-state index is -0.659. The number of benzene rings is 1. The van der Waals surface area contributed by atoms with E-state index in [1.165, 1.54) is 30.5 Å². The lowest BCUT2D eigenvalue weighted by Crippen LogP contribution is -1.96. The first-order valence-corrected chi connectivity index (χ1v) is 5.62. The van der Waals surface area contributed by atoms with E-state index >= 15 is 0 Å². The lowest BCUT2D eigenvalue weighted by molar-refractivity contribution is 0.198. The Balaban J connectivity index is 2.34. The maximum Gasteiger partial charge on any atom is 0.219 e. The summed E-state index contributed by atoms with van der Waals surface area (Å²) in [6.07, 6.45) is 0.816. The number of pyridine rings is 1. The molecule has 0 unspecified atom stereocenters. The molecular weight excluding hydrogens is 247 g/mol. The zero-order valence-electron chi connectivity index (χ0n) is 10.2. The third-order valence-corrected chi connectivity index (χ3v) is 2.54. The highest BCUT2D eigenvalue weighted by Crippen LogP contribution is 2.26. The van der Waals surface area contributed by atoms with E-state index < -0.39 is 11.9 Å². The van der Waals surface area contributed by atoms with E-state index in [1.54, 1.807) is 19.1 Å². The largest absolute Gasteiger partial charge is 0.438 e. The molecule has 1 atom stereocenters. The number of hydrogen-bond acceptors (Lipinski definition) is 4. The summed E-state index contributed by atoms with van der Waals surface area (Å²) >= 11 is 0. The zero-order chi connectivity index (χ0) is 13.8. The summed E-state index contributed by atoms with van der Waals surface area (Å²) in [6, 6.07) is 9.05. The van der Waals surface area contributed by atoms with Crippen LogP contribution in [0, 0.1) is 17.1 Å². The summed E-state index contributed by atoms with van der Waals surface area (Å²) in [4.78, 5) is 3.96. The van der Waals surface area contributed by atoms with Crippen molar-refractivity contribution in [3.63, 3.8) is 0 Å². The molecule has 0 aliphatic heterocycles. The molecule has 0 aliphatic rings. The van der Waals surface area contributed by atoms with E-state index in [-0.39, 0.29) is 17.2 Å². The summed E-state index contributed by atoms with van der Waals surface area (Å²) in [6.45, 7) is 1.61. The van der Waals surface area contributed by atoms with Gasteiger partial charge in [-0.15, -0.1) is 0 Å². The molecule has 1 aromatic heterocycles. The molecule has 0 amide bonds. The highest BCUT2D eigenvalue weighted by molar-refractivity contribution is 5.45. The number of hydrogen-bond donors (Lipinski definition) is 1. The SMILES string of the molecule is C[C@@H](O)c1ccnc(Oc2cccc(F)c2C#N)c1. The van der Waals surface area contributed by atoms with Crippen molar-refractivity contribution in [2.75, 3.05) is 0 Å². The van der Waals surface area contributed by atoms with Crippen molar-refractivity contribution in [3.05, 3.63) is 53.5 Å². The summed E-state index contributed by atoms with van der Waals surface area (Å²) in [5.41, 5.74) is 0.451. The molecule has 0 bridgehead atoms. The minimum absolute atomic E-state index is 0.0951. The van der Waals surface area contributed by atoms with Gasteiger partial charge in [-0.2, -0.15) is 5.26 Å². The molecule has 2 aromatic rings. The maximum atomic E-state index is 13.4. The van der Waals surface area contributed by atoms with Crippen LogP contribution in [-0.4, -0.2) is 10.1 Å². The number of aliphatic hydroxyl groups excluding tert-OH is 1. The van der Waals surface area contributed by atoms with Crippen LogP contribution in [-0.2, 0) is 0 Å². The van der Waals surface area contributed by atoms with Gasteiger partial charge in [0.2, 0.25) is 5.88 Å². The molecule has 0 spiro atoms. The zero-order valence-corrected chi connectivity index (χ0v) is 10.2. The number of nitriles is 1. The van der Waals surface area contributed by atoms with Crippen LogP contribution >= 0.6 is 0 Å². The van der Waals surface area contributed by atoms with Crippen LogP contribution in [0.5, 0.6) is 11.6 Å². The Morgan fingerprint density at radius 3 is 2.89 bits per heavy atom. The maximum absolute atomic E-state index is 13.4. The van der Waals surface area contributed by atoms with Gasteiger partial charge < -0.3 is 9.84 Å². The third-order valence-electron chi connectivity index (χ3n) is 2.54. The fourth-order valence-corrected chi connectivity index (χ4v) is 1.55. The molecule has 0 saturated carbocycles. The van der Waals surface area contributed by atoms with Crippen LogP contribution in [0.15, 0.2) is 36.5 Å². The van der Waals surface area contributed by atoms with Crippen molar-refractivity contribution in [3.8, 4) is 17.7 Å². The van der Waals surface area contributed by atoms with Gasteiger partial charge in [-0.05, 0) is 30.7 Å². The van der Waals surface area contributed by atoms with Crippen LogP contribution in [0.3, 0.4) is 0 Å². The van der Waals surface area contributed by atoms with Crippen LogP contribution in [0.2, 0.25) is 0 Å². The van der Waals surface area contributed by atoms with Gasteiger partial charge in [0, 0.05) is 12.3 Å². The van der Waals surface area contributed by atoms with E-state index in [4.69, 9.17) is 10.00 Å². The molecule has 19 heavy (non-hydrogen) atoms. The molecule has 0 saturated heterocycles. The second-order valence-corrected chi connectivity index (χ2v) is 3.93. The molecule has 0 aliphatic carbocycles. The van der Waals surface area contributed by atoms with Gasteiger partial charge >= 0.3 is 0 Å². The smallest absolute Gasteiger partial charge is 0.219 e. The van der Waals surface area contributed by atoms with Crippen LogP contribution < -0.4 is 4.74 Å². The van der Waals surface area contributed by atoms with Gasteiger partial charge in [-0.3, -0.25) is 0 Å². The van der Waals surface area contributed by atoms with Crippen molar-refractivity contribution < 1.29 is 14.2 Å². The van der Waals surface area contributed by atoms with E-state index in [9.17, 15) is 9.50 Å². The Morgan fingerprint density at radius 2 is 2.21 bits per heavy atom. The number of aliphatic hydroxyl groups is 1. The van der Waals surface area contributed by atoms with E-state index in [1.807, 2.05) is 0 Å². The first-order valence-electron chi connectivity index (χ1n) is 5.62. The van der Waals surface area contributed by atoms with Crippen molar-refractivity contribution in [1.29, 1.82) is 5.26 Å². The predicted octanol–water partition coefficient (Wildman–Crippen LogP) is 2.94. The number of aromatic nitrogens is 1. The Labute approximate surface area is 109 Å². The van der Waals surface area contributed by atoms with Crippen molar-refractivity contribution in [2.45, 2.75) is 13.0 Å². The van der Waals surface area contributed by atoms with Gasteiger partial charge in [0.25, 0.3) is 0 Å². The standard InChI is InChI=1S/C14H11FN2O2/c1-9(18)10-5-6-17-14(7-10)19-13-4-2-3-12(15)11(13)8-16/h2-7,9,18H,1H3/t9-/m1/s1. The summed E-state index contributed by atoms with van der Waals surface area (Å²) in [5, 5.41) is 18.4. The average Bonchev–Trinajstić information content (AvgIpc) is 2.39. The molecule has 0 radical (unpaired) electrons. The molecule has 96 valence electrons. The fraction of sp³-hybridized carbons (Fsp3) is 0.143. The van der Waals surface area contributed by atoms with E-state index in [0.29, 0.717) is 5.56 Å². The van der Waals surface area contributed by atoms with Crippen LogP contribution in [0.4, 0.5) is 4.39 Å². The number of rotatable bonds is 3. The van der Waals surface area contributed by atoms with Crippen molar-refractivity contribution in [2.24, 2.45) is 0 Å². The molecule has 5 heteroatoms. The second-order valence-electron chi connectivity index (χ2n) is 3.93. The number of halogens is 1. The number of ether oxygens (including phenoxy) is 1. The Kier molecular flexibility index (Phi) is 3.74. The molecule has 1 heterocycles. The average molecular weight is 258 g/mol. The van der Waals surface area contributed by atoms with Gasteiger partial charge in [-0.25, -0.2) is 9.37 Å². The predicted molar refractivity (Wildman–Crippen MR) is 66.1 cm³/mol. The molecule has 2 rings (SSSR count). The van der Waals surface area contributed by atoms with Gasteiger partial charge in [0.05, 0.1) is 6.10 Å². The molecular formula is C14H11FN2O2. The highest BCUT2D eigenvalue weighted by atomic mass is 19.1. The fourth-order valence-electron chi connectivity index (χ4n) is 1.55. The van der Waals surface area contributed by atoms with Gasteiger partial charge in [0.15, 0.2) is 0 Å². The minimum Gasteiger partial charge on any atom is -0.438 e. The molecule has 1 aromatic carbocycles. The summed E-state index contributed by atoms with van der Waals surface area (Å²) in [7, 11) is 0. The Morgan fingerprint density at radius 1 is 1.42 bits per heavy atom. The highest BCUT2D eigenvalue weighted by Gasteiger charge is 2.11. The lowest BCUT2D eigenvalue weighted by Gasteiger charge is -2.09. The Bertz CT molecular complexity index is 636. The lowest BCUT2D eigenvalue weighted by atomic mass is 10.2. The third kappa shape index (κ3) is 2.87. The summed E-state index contributed by atoms with van der Waals surface area (Å²) < 4.78 is 18.8. The second kappa shape index (κ2) is 5.46. The van der Waals surface area contributed by atoms with Gasteiger partial charge in [0.1, 0.15) is 23.2 Å². The first kappa shape index (κ1) is 13.0. The first-order chi connectivity index (χ1) is 9.11. The number of nitrogens with zero attached hydrogens (tertiary/aromatic N) is 2. The van der Waals surface area contributed by atoms with Crippen molar-refractivity contribution >= 4 is 0 Å². The van der Waals surface area contributed by atoms with E-state index in [2.05, 4.69) is 4.98 Å². The van der Waals surface area contributed by atoms with Gasteiger partial charge in [-0.1, -0.05) is 6.07 Å². The quantitative estimate of drug-likeness (QED) is 0.919. The van der Waals surface area contributed by atoms with Crippen LogP contribution in [0.1, 0.15) is 24.2 Å². The molecule has 0 fully saturated rings. The van der Waals surface area contributed by atoms with Crippen molar-refractivity contribution in [1.82, 2.24) is 4.98 Å². The molecule has 4 nitrogen and oxygen atoms in total. The van der Waals surface area contributed by atoms with Crippen LogP contribution in [0.25, 0.3) is 0 Å². The summed E-state index contributed by atoms with van der Waals surface area (Å²) in [5.74, 6) is -0.357. The Hall–Kier alpha value is -2.45. The monoisotopic (exact) mass is 258 g/mol. The molecule has 1 N–H and O–H groups in total. The van der Waals surface area contributed by atoms with E-state index in [0.717, 1.165) is 0 Å². The normalized spacial score (nSPS) is 11.7.